The molecule has 0 unspecified atom stereocenters. The van der Waals surface area contributed by atoms with Crippen molar-refractivity contribution in [1.29, 1.82) is 0 Å². The fourth-order valence-corrected chi connectivity index (χ4v) is 6.60. The van der Waals surface area contributed by atoms with Crippen LogP contribution in [-0.4, -0.2) is 15.0 Å². The number of nitrogens with zero attached hydrogens (tertiary/aromatic N) is 3. The first-order valence-electron chi connectivity index (χ1n) is 21.0. The normalized spacial score (nSPS) is 17.5. The van der Waals surface area contributed by atoms with Crippen LogP contribution >= 0.6 is 0 Å². The number of aryl methyl sites for hydroxylation is 2. The summed E-state index contributed by atoms with van der Waals surface area (Å²) in [5, 5.41) is 1.39. The maximum absolute atomic E-state index is 9.12. The number of hydrogen-bond acceptors (Lipinski definition) is 4. The third-order valence-electron chi connectivity index (χ3n) is 9.88. The average Bonchev–Trinajstić information content (AvgIpc) is 3.57. The molecule has 0 spiro atoms. The number of rotatable bonds is 4. The molecule has 1 aliphatic carbocycles. The average molecular weight is 869 g/mol. The van der Waals surface area contributed by atoms with Gasteiger partial charge in [0.15, 0.2) is 0 Å². The van der Waals surface area contributed by atoms with Gasteiger partial charge in [-0.25, -0.2) is 4.98 Å². The van der Waals surface area contributed by atoms with Crippen LogP contribution in [0.5, 0.6) is 0 Å². The minimum Gasteiger partial charge on any atom is -0.486 e. The van der Waals surface area contributed by atoms with Crippen LogP contribution in [0.15, 0.2) is 108 Å². The Labute approximate surface area is 332 Å². The van der Waals surface area contributed by atoms with Crippen LogP contribution in [0.2, 0.25) is 0 Å². The number of fused-ring (bicyclic) bond motifs is 3. The first kappa shape index (κ1) is 29.1. The maximum Gasteiger partial charge on any atom is 0.216 e. The second-order valence-corrected chi connectivity index (χ2v) is 15.2. The zero-order chi connectivity index (χ0) is 41.7. The van der Waals surface area contributed by atoms with Gasteiger partial charge in [0.2, 0.25) is 5.71 Å². The molecule has 1 saturated carbocycles. The standard InChI is InChI=1S/C32H31N2O.C15H16N.Ir/c1-20-19-33-29(27-7-5-6-25-26-13-8-21(2)34-31(26)35-30(25)27)18-28(20)24-11-9-22(10-12-24)23-14-16-32(3,4)17-15-23;1-15(2,3)13-9-10-14(16-11-13)12-7-5-4-6-8-12;/h5-6,8-13,18-19,23H,14-17H2,1-4H3;4-7,9-11H,1-3H3;/q2*-1;/i1D3,2D3,23D;;. The molecule has 5 heteroatoms. The summed E-state index contributed by atoms with van der Waals surface area (Å²) in [5.74, 6) is -0.649. The number of furan rings is 1. The molecule has 1 fully saturated rings. The monoisotopic (exact) mass is 869 g/mol. The molecule has 52 heavy (non-hydrogen) atoms. The predicted octanol–water partition coefficient (Wildman–Crippen LogP) is 12.7. The number of pyridine rings is 3. The van der Waals surface area contributed by atoms with Gasteiger partial charge in [-0.3, -0.25) is 0 Å². The third kappa shape index (κ3) is 8.12. The first-order valence-corrected chi connectivity index (χ1v) is 17.5. The Morgan fingerprint density at radius 1 is 0.827 bits per heavy atom. The predicted molar refractivity (Wildman–Crippen MR) is 211 cm³/mol. The zero-order valence-electron chi connectivity index (χ0n) is 37.2. The van der Waals surface area contributed by atoms with Crippen LogP contribution in [0.25, 0.3) is 55.7 Å². The molecule has 4 aromatic heterocycles. The smallest absolute Gasteiger partial charge is 0.216 e. The first-order chi connectivity index (χ1) is 27.2. The van der Waals surface area contributed by atoms with Gasteiger partial charge >= 0.3 is 0 Å². The van der Waals surface area contributed by atoms with Crippen molar-refractivity contribution in [2.24, 2.45) is 5.41 Å². The van der Waals surface area contributed by atoms with Crippen molar-refractivity contribution in [3.8, 4) is 33.6 Å². The van der Waals surface area contributed by atoms with E-state index in [1.807, 2.05) is 60.8 Å². The van der Waals surface area contributed by atoms with Gasteiger partial charge in [0.25, 0.3) is 0 Å². The van der Waals surface area contributed by atoms with Crippen molar-refractivity contribution < 1.29 is 34.1 Å². The molecular weight excluding hydrogens is 815 g/mol. The fraction of sp³-hybridized carbons (Fsp3) is 0.298. The molecule has 4 heterocycles. The second-order valence-electron chi connectivity index (χ2n) is 15.2. The molecule has 0 N–H and O–H groups in total. The van der Waals surface area contributed by atoms with Gasteiger partial charge in [0, 0.05) is 53.2 Å². The van der Waals surface area contributed by atoms with E-state index in [0.717, 1.165) is 47.9 Å². The van der Waals surface area contributed by atoms with E-state index in [1.54, 1.807) is 18.2 Å². The second kappa shape index (κ2) is 15.3. The van der Waals surface area contributed by atoms with Gasteiger partial charge < -0.3 is 14.4 Å². The van der Waals surface area contributed by atoms with Crippen LogP contribution in [0, 0.1) is 31.3 Å². The van der Waals surface area contributed by atoms with E-state index < -0.39 is 19.6 Å². The van der Waals surface area contributed by atoms with Crippen molar-refractivity contribution >= 4 is 22.1 Å². The fourth-order valence-electron chi connectivity index (χ4n) is 6.60. The molecule has 3 aromatic carbocycles. The van der Waals surface area contributed by atoms with Crippen LogP contribution < -0.4 is 0 Å². The Hall–Kier alpha value is -4.44. The molecule has 267 valence electrons. The molecular formula is C47H47IrN3O-2. The van der Waals surface area contributed by atoms with Crippen LogP contribution in [0.4, 0.5) is 0 Å². The SMILES string of the molecule is CC(C)(C)c1ccc(-c2[c-]cccc2)nc1.[2H]C([2H])([2H])c1ccc2c(n1)oc1c(-c3cc(-c4ccc(C5([2H])CCC(C)(C)CC5)cc4)c(C([2H])([2H])[2H])cn3)[c-]ccc12.[Ir]. The topological polar surface area (TPSA) is 51.8 Å². The van der Waals surface area contributed by atoms with Gasteiger partial charge in [-0.05, 0) is 107 Å². The molecule has 0 bridgehead atoms. The summed E-state index contributed by atoms with van der Waals surface area (Å²) in [6, 6.07) is 34.6. The summed E-state index contributed by atoms with van der Waals surface area (Å²) in [4.78, 5) is 13.2. The Balaban J connectivity index is 0.000000289. The van der Waals surface area contributed by atoms with Gasteiger partial charge in [0.05, 0.1) is 5.58 Å². The molecule has 0 atom stereocenters. The van der Waals surface area contributed by atoms with Crippen molar-refractivity contribution in [2.45, 2.75) is 85.3 Å². The van der Waals surface area contributed by atoms with E-state index in [0.29, 0.717) is 33.4 Å². The molecule has 1 radical (unpaired) electrons. The Morgan fingerprint density at radius 3 is 2.29 bits per heavy atom. The molecule has 8 rings (SSSR count). The van der Waals surface area contributed by atoms with E-state index >= 15 is 0 Å². The molecule has 4 nitrogen and oxygen atoms in total. The minimum absolute atomic E-state index is 0. The number of benzene rings is 3. The summed E-state index contributed by atoms with van der Waals surface area (Å²) in [6.07, 6.45) is 6.90. The largest absolute Gasteiger partial charge is 0.486 e. The number of aromatic nitrogens is 3. The molecule has 0 aliphatic heterocycles. The Morgan fingerprint density at radius 2 is 1.62 bits per heavy atom. The van der Waals surface area contributed by atoms with Crippen LogP contribution in [0.3, 0.4) is 0 Å². The molecule has 0 saturated heterocycles. The molecule has 1 aliphatic rings. The van der Waals surface area contributed by atoms with Crippen molar-refractivity contribution in [2.75, 3.05) is 0 Å². The van der Waals surface area contributed by atoms with Crippen molar-refractivity contribution in [3.05, 3.63) is 138 Å². The summed E-state index contributed by atoms with van der Waals surface area (Å²) in [7, 11) is 0. The maximum atomic E-state index is 9.12. The molecule has 0 amide bonds. The quantitative estimate of drug-likeness (QED) is 0.165. The van der Waals surface area contributed by atoms with Gasteiger partial charge in [0.1, 0.15) is 0 Å². The van der Waals surface area contributed by atoms with Crippen LogP contribution in [-0.2, 0) is 25.5 Å². The van der Waals surface area contributed by atoms with E-state index in [2.05, 4.69) is 73.8 Å². The van der Waals surface area contributed by atoms with Crippen molar-refractivity contribution in [3.63, 3.8) is 0 Å². The third-order valence-corrected chi connectivity index (χ3v) is 9.88. The van der Waals surface area contributed by atoms with Gasteiger partial charge in [-0.2, -0.15) is 0 Å². The van der Waals surface area contributed by atoms with Gasteiger partial charge in [-0.15, -0.1) is 54.1 Å². The van der Waals surface area contributed by atoms with E-state index in [-0.39, 0.29) is 47.9 Å². The van der Waals surface area contributed by atoms with Crippen molar-refractivity contribution in [1.82, 2.24) is 15.0 Å². The van der Waals surface area contributed by atoms with E-state index in [4.69, 9.17) is 14.0 Å². The van der Waals surface area contributed by atoms with Gasteiger partial charge in [-0.1, -0.05) is 88.0 Å². The zero-order valence-corrected chi connectivity index (χ0v) is 32.6. The van der Waals surface area contributed by atoms with Crippen LogP contribution in [0.1, 0.15) is 98.2 Å². The summed E-state index contributed by atoms with van der Waals surface area (Å²) in [6.45, 7) is 6.32. The summed E-state index contributed by atoms with van der Waals surface area (Å²) >= 11 is 0. The minimum atomic E-state index is -2.39. The van der Waals surface area contributed by atoms with E-state index in [9.17, 15) is 0 Å². The Kier molecular flexibility index (Phi) is 8.53. The summed E-state index contributed by atoms with van der Waals surface area (Å²) < 4.78 is 62.8. The Bertz CT molecular complexity index is 2550. The summed E-state index contributed by atoms with van der Waals surface area (Å²) in [5.41, 5.74) is 7.55. The number of hydrogen-bond donors (Lipinski definition) is 0. The van der Waals surface area contributed by atoms with E-state index in [1.165, 1.54) is 17.8 Å². The molecule has 7 aromatic rings.